The van der Waals surface area contributed by atoms with Crippen molar-refractivity contribution in [2.45, 2.75) is 46.1 Å². The van der Waals surface area contributed by atoms with Crippen LogP contribution in [0.3, 0.4) is 0 Å². The van der Waals surface area contributed by atoms with Crippen LogP contribution in [-0.2, 0) is 0 Å². The van der Waals surface area contributed by atoms with Gasteiger partial charge in [0.1, 0.15) is 0 Å². The molecule has 3 N–H and O–H groups in total. The predicted octanol–water partition coefficient (Wildman–Crippen LogP) is 2.72. The molecule has 0 fully saturated rings. The average molecular weight is 221 g/mol. The molecule has 0 aliphatic rings. The van der Waals surface area contributed by atoms with Gasteiger partial charge >= 0.3 is 0 Å². The molecular weight excluding hydrogens is 198 g/mol. The molecule has 0 spiro atoms. The third-order valence-electron chi connectivity index (χ3n) is 2.92. The van der Waals surface area contributed by atoms with E-state index in [1.165, 1.54) is 24.0 Å². The van der Waals surface area contributed by atoms with Crippen LogP contribution in [0.4, 0.5) is 0 Å². The van der Waals surface area contributed by atoms with Gasteiger partial charge in [-0.2, -0.15) is 0 Å². The summed E-state index contributed by atoms with van der Waals surface area (Å²) in [5.41, 5.74) is 5.26. The molecule has 2 atom stereocenters. The standard InChI is InChI=1S/C13H23N3/c1-4-5-10(2)7-13(16-14)12-6-11(3)8-15-9-12/h6,8-10,13,16H,4-5,7,14H2,1-3H3. The minimum atomic E-state index is 0.217. The fourth-order valence-corrected chi connectivity index (χ4v) is 2.08. The zero-order chi connectivity index (χ0) is 12.0. The average Bonchev–Trinajstić information content (AvgIpc) is 2.26. The summed E-state index contributed by atoms with van der Waals surface area (Å²) in [6.07, 6.45) is 7.31. The molecule has 0 saturated carbocycles. The maximum absolute atomic E-state index is 5.62. The first-order valence-electron chi connectivity index (χ1n) is 6.05. The van der Waals surface area contributed by atoms with Gasteiger partial charge in [0.05, 0.1) is 0 Å². The molecule has 1 rings (SSSR count). The van der Waals surface area contributed by atoms with E-state index in [9.17, 15) is 0 Å². The van der Waals surface area contributed by atoms with Gasteiger partial charge in [0.2, 0.25) is 0 Å². The first-order chi connectivity index (χ1) is 7.67. The van der Waals surface area contributed by atoms with Gasteiger partial charge in [0.15, 0.2) is 0 Å². The lowest BCUT2D eigenvalue weighted by Gasteiger charge is -2.20. The first kappa shape index (κ1) is 13.1. The molecule has 16 heavy (non-hydrogen) atoms. The highest BCUT2D eigenvalue weighted by molar-refractivity contribution is 5.20. The third-order valence-corrected chi connectivity index (χ3v) is 2.92. The summed E-state index contributed by atoms with van der Waals surface area (Å²) in [7, 11) is 0. The topological polar surface area (TPSA) is 50.9 Å². The molecular formula is C13H23N3. The number of nitrogens with zero attached hydrogens (tertiary/aromatic N) is 1. The van der Waals surface area contributed by atoms with Crippen molar-refractivity contribution in [3.8, 4) is 0 Å². The highest BCUT2D eigenvalue weighted by Gasteiger charge is 2.13. The van der Waals surface area contributed by atoms with Gasteiger partial charge in [-0.1, -0.05) is 32.8 Å². The Morgan fingerprint density at radius 2 is 2.19 bits per heavy atom. The Morgan fingerprint density at radius 3 is 2.75 bits per heavy atom. The van der Waals surface area contributed by atoms with E-state index in [-0.39, 0.29) is 6.04 Å². The third kappa shape index (κ3) is 3.91. The number of nitrogens with one attached hydrogen (secondary N) is 1. The van der Waals surface area contributed by atoms with Crippen LogP contribution in [0.25, 0.3) is 0 Å². The first-order valence-corrected chi connectivity index (χ1v) is 6.05. The van der Waals surface area contributed by atoms with Gasteiger partial charge < -0.3 is 0 Å². The van der Waals surface area contributed by atoms with Gasteiger partial charge in [0, 0.05) is 18.4 Å². The van der Waals surface area contributed by atoms with Crippen molar-refractivity contribution in [1.29, 1.82) is 0 Å². The van der Waals surface area contributed by atoms with Crippen molar-refractivity contribution < 1.29 is 0 Å². The van der Waals surface area contributed by atoms with Crippen LogP contribution in [-0.4, -0.2) is 4.98 Å². The zero-order valence-corrected chi connectivity index (χ0v) is 10.5. The molecule has 1 aromatic heterocycles. The summed E-state index contributed by atoms with van der Waals surface area (Å²) in [6.45, 7) is 6.55. The Bertz CT molecular complexity index is 312. The summed E-state index contributed by atoms with van der Waals surface area (Å²) in [5, 5.41) is 0. The molecule has 2 unspecified atom stereocenters. The molecule has 3 nitrogen and oxygen atoms in total. The molecule has 90 valence electrons. The summed E-state index contributed by atoms with van der Waals surface area (Å²) < 4.78 is 0. The Labute approximate surface area is 98.4 Å². The molecule has 0 saturated heterocycles. The number of nitrogens with two attached hydrogens (primary N) is 1. The Kier molecular flexibility index (Phi) is 5.43. The smallest absolute Gasteiger partial charge is 0.0477 e. The molecule has 1 aromatic rings. The van der Waals surface area contributed by atoms with E-state index in [2.05, 4.69) is 37.2 Å². The van der Waals surface area contributed by atoms with Crippen LogP contribution in [0.5, 0.6) is 0 Å². The lowest BCUT2D eigenvalue weighted by molar-refractivity contribution is 0.394. The van der Waals surface area contributed by atoms with Crippen LogP contribution in [0, 0.1) is 12.8 Å². The summed E-state index contributed by atoms with van der Waals surface area (Å²) in [5.74, 6) is 6.31. The number of hydrogen-bond acceptors (Lipinski definition) is 3. The summed E-state index contributed by atoms with van der Waals surface area (Å²) in [6, 6.07) is 2.37. The van der Waals surface area contributed by atoms with E-state index in [0.717, 1.165) is 6.42 Å². The number of rotatable bonds is 6. The van der Waals surface area contributed by atoms with Crippen molar-refractivity contribution in [2.75, 3.05) is 0 Å². The predicted molar refractivity (Wildman–Crippen MR) is 67.7 cm³/mol. The van der Waals surface area contributed by atoms with E-state index in [1.54, 1.807) is 0 Å². The van der Waals surface area contributed by atoms with Crippen LogP contribution in [0.1, 0.15) is 50.3 Å². The Hall–Kier alpha value is -0.930. The van der Waals surface area contributed by atoms with Crippen molar-refractivity contribution in [2.24, 2.45) is 11.8 Å². The normalized spacial score (nSPS) is 14.8. The minimum Gasteiger partial charge on any atom is -0.271 e. The Balaban J connectivity index is 2.67. The van der Waals surface area contributed by atoms with Crippen molar-refractivity contribution in [3.05, 3.63) is 29.6 Å². The summed E-state index contributed by atoms with van der Waals surface area (Å²) >= 11 is 0. The van der Waals surface area contributed by atoms with E-state index in [1.807, 2.05) is 12.4 Å². The number of hydrazine groups is 1. The molecule has 0 aromatic carbocycles. The number of hydrogen-bond donors (Lipinski definition) is 2. The molecule has 0 bridgehead atoms. The zero-order valence-electron chi connectivity index (χ0n) is 10.5. The van der Waals surface area contributed by atoms with Gasteiger partial charge in [-0.05, 0) is 30.4 Å². The van der Waals surface area contributed by atoms with Gasteiger partial charge in [-0.25, -0.2) is 0 Å². The molecule has 1 heterocycles. The lowest BCUT2D eigenvalue weighted by atomic mass is 9.94. The van der Waals surface area contributed by atoms with E-state index in [0.29, 0.717) is 5.92 Å². The second-order valence-electron chi connectivity index (χ2n) is 4.64. The quantitative estimate of drug-likeness (QED) is 0.573. The number of pyridine rings is 1. The van der Waals surface area contributed by atoms with Crippen molar-refractivity contribution in [1.82, 2.24) is 10.4 Å². The van der Waals surface area contributed by atoms with Crippen molar-refractivity contribution >= 4 is 0 Å². The second kappa shape index (κ2) is 6.61. The van der Waals surface area contributed by atoms with E-state index < -0.39 is 0 Å². The van der Waals surface area contributed by atoms with E-state index in [4.69, 9.17) is 5.84 Å². The van der Waals surface area contributed by atoms with Crippen LogP contribution >= 0.6 is 0 Å². The van der Waals surface area contributed by atoms with Gasteiger partial charge in [0.25, 0.3) is 0 Å². The summed E-state index contributed by atoms with van der Waals surface area (Å²) in [4.78, 5) is 4.21. The van der Waals surface area contributed by atoms with Crippen LogP contribution < -0.4 is 11.3 Å². The van der Waals surface area contributed by atoms with Crippen LogP contribution in [0.2, 0.25) is 0 Å². The fraction of sp³-hybridized carbons (Fsp3) is 0.615. The number of aromatic nitrogens is 1. The highest BCUT2D eigenvalue weighted by Crippen LogP contribution is 2.23. The van der Waals surface area contributed by atoms with Gasteiger partial charge in [-0.3, -0.25) is 16.3 Å². The van der Waals surface area contributed by atoms with Crippen LogP contribution in [0.15, 0.2) is 18.5 Å². The second-order valence-corrected chi connectivity index (χ2v) is 4.64. The Morgan fingerprint density at radius 1 is 1.44 bits per heavy atom. The highest BCUT2D eigenvalue weighted by atomic mass is 15.2. The fourth-order valence-electron chi connectivity index (χ4n) is 2.08. The van der Waals surface area contributed by atoms with Crippen molar-refractivity contribution in [3.63, 3.8) is 0 Å². The largest absolute Gasteiger partial charge is 0.271 e. The molecule has 3 heteroatoms. The molecule has 0 aliphatic heterocycles. The minimum absolute atomic E-state index is 0.217. The number of aryl methyl sites for hydroxylation is 1. The maximum Gasteiger partial charge on any atom is 0.0477 e. The molecule has 0 aliphatic carbocycles. The molecule has 0 amide bonds. The maximum atomic E-state index is 5.62. The molecule has 0 radical (unpaired) electrons. The SMILES string of the molecule is CCCC(C)CC(NN)c1cncc(C)c1. The van der Waals surface area contributed by atoms with Gasteiger partial charge in [-0.15, -0.1) is 0 Å². The lowest BCUT2D eigenvalue weighted by Crippen LogP contribution is -2.29. The monoisotopic (exact) mass is 221 g/mol. The van der Waals surface area contributed by atoms with E-state index >= 15 is 0 Å².